The summed E-state index contributed by atoms with van der Waals surface area (Å²) in [5.74, 6) is -4.19. The van der Waals surface area contributed by atoms with Crippen molar-refractivity contribution in [3.8, 4) is 34.1 Å². The molecule has 0 nitrogen and oxygen atoms in total. The molecule has 0 unspecified atom stereocenters. The molecule has 0 aliphatic carbocycles. The molecular weight excluding hydrogens is 452 g/mol. The van der Waals surface area contributed by atoms with Gasteiger partial charge in [0, 0.05) is 11.5 Å². The number of alkyl halides is 3. The van der Waals surface area contributed by atoms with E-state index in [1.165, 1.54) is 18.1 Å². The molecule has 0 N–H and O–H groups in total. The first-order chi connectivity index (χ1) is 15.5. The van der Waals surface area contributed by atoms with E-state index in [-0.39, 0.29) is 11.1 Å². The summed E-state index contributed by atoms with van der Waals surface area (Å²) in [6.45, 7) is 3.57. The average Bonchev–Trinajstić information content (AvgIpc) is 2.70. The highest BCUT2D eigenvalue weighted by Gasteiger charge is 2.24. The number of hydrogen-bond donors (Lipinski definition) is 0. The number of aryl methyl sites for hydroxylation is 1. The van der Waals surface area contributed by atoms with Crippen LogP contribution in [0.4, 0.5) is 35.1 Å². The van der Waals surface area contributed by atoms with Crippen LogP contribution >= 0.6 is 0 Å². The predicted molar refractivity (Wildman–Crippen MR) is 109 cm³/mol. The summed E-state index contributed by atoms with van der Waals surface area (Å²) in [5.41, 5.74) is -2.17. The quantitative estimate of drug-likeness (QED) is 0.205. The van der Waals surface area contributed by atoms with Crippen molar-refractivity contribution < 1.29 is 35.1 Å². The Hall–Kier alpha value is -3.60. The van der Waals surface area contributed by atoms with Gasteiger partial charge < -0.3 is 0 Å². The molecule has 0 aromatic heterocycles. The predicted octanol–water partition coefficient (Wildman–Crippen LogP) is 7.75. The third-order valence-corrected chi connectivity index (χ3v) is 4.68. The summed E-state index contributed by atoms with van der Waals surface area (Å²) < 4.78 is 109. The number of halogens is 8. The monoisotopic (exact) mass is 466 g/mol. The van der Waals surface area contributed by atoms with Crippen molar-refractivity contribution in [3.63, 3.8) is 0 Å². The normalized spacial score (nSPS) is 11.2. The van der Waals surface area contributed by atoms with Crippen LogP contribution in [0, 0.1) is 40.9 Å². The van der Waals surface area contributed by atoms with Gasteiger partial charge in [-0.1, -0.05) is 24.1 Å². The SMILES string of the molecule is C=CCCc1ccc(-c2cc(F)c(-c3cc(F)c(C#CC(F)(F)F)c(F)c3)c(F)c2)c(F)c1. The summed E-state index contributed by atoms with van der Waals surface area (Å²) in [6, 6.07) is 6.72. The van der Waals surface area contributed by atoms with Gasteiger partial charge >= 0.3 is 6.18 Å². The molecule has 0 atom stereocenters. The molecule has 0 saturated carbocycles. The Morgan fingerprint density at radius 3 is 1.85 bits per heavy atom. The number of hydrogen-bond acceptors (Lipinski definition) is 0. The van der Waals surface area contributed by atoms with Gasteiger partial charge in [-0.2, -0.15) is 13.2 Å². The van der Waals surface area contributed by atoms with Crippen molar-refractivity contribution in [1.29, 1.82) is 0 Å². The number of benzene rings is 3. The summed E-state index contributed by atoms with van der Waals surface area (Å²) in [6.07, 6.45) is -2.17. The van der Waals surface area contributed by atoms with Crippen LogP contribution in [0.2, 0.25) is 0 Å². The van der Waals surface area contributed by atoms with Gasteiger partial charge in [0.25, 0.3) is 0 Å². The third kappa shape index (κ3) is 5.61. The van der Waals surface area contributed by atoms with Crippen molar-refractivity contribution in [1.82, 2.24) is 0 Å². The Morgan fingerprint density at radius 2 is 1.33 bits per heavy atom. The number of allylic oxidation sites excluding steroid dienone is 1. The van der Waals surface area contributed by atoms with Crippen LogP contribution < -0.4 is 0 Å². The molecular formula is C25H14F8. The van der Waals surface area contributed by atoms with Gasteiger partial charge in [0.2, 0.25) is 0 Å². The first-order valence-electron chi connectivity index (χ1n) is 9.48. The van der Waals surface area contributed by atoms with Crippen molar-refractivity contribution in [2.75, 3.05) is 0 Å². The molecule has 3 aromatic carbocycles. The molecule has 3 rings (SSSR count). The minimum Gasteiger partial charge on any atom is -0.206 e. The van der Waals surface area contributed by atoms with Crippen LogP contribution in [0.15, 0.2) is 55.1 Å². The standard InChI is InChI=1S/C25H14F8/c1-2-3-4-14-5-6-17(19(26)9-14)15-10-22(29)24(23(30)11-15)16-12-20(27)18(21(28)13-16)7-8-25(31,32)33/h2,5-6,9-13H,1,3-4H2. The minimum absolute atomic E-state index is 0.0863. The molecule has 33 heavy (non-hydrogen) atoms. The maximum Gasteiger partial charge on any atom is 0.458 e. The van der Waals surface area contributed by atoms with Gasteiger partial charge in [0.1, 0.15) is 29.1 Å². The van der Waals surface area contributed by atoms with E-state index in [1.807, 2.05) is 0 Å². The highest BCUT2D eigenvalue weighted by Crippen LogP contribution is 2.34. The highest BCUT2D eigenvalue weighted by molar-refractivity contribution is 5.73. The second-order valence-corrected chi connectivity index (χ2v) is 7.02. The van der Waals surface area contributed by atoms with E-state index in [0.29, 0.717) is 30.5 Å². The largest absolute Gasteiger partial charge is 0.458 e. The molecule has 170 valence electrons. The molecule has 0 fully saturated rings. The number of rotatable bonds is 5. The van der Waals surface area contributed by atoms with Crippen LogP contribution in [0.3, 0.4) is 0 Å². The van der Waals surface area contributed by atoms with Gasteiger partial charge in [-0.15, -0.1) is 6.58 Å². The first kappa shape index (κ1) is 24.1. The molecule has 0 amide bonds. The van der Waals surface area contributed by atoms with Crippen LogP contribution in [0.25, 0.3) is 22.3 Å². The van der Waals surface area contributed by atoms with Crippen molar-refractivity contribution in [2.24, 2.45) is 0 Å². The lowest BCUT2D eigenvalue weighted by Gasteiger charge is -2.11. The van der Waals surface area contributed by atoms with Crippen LogP contribution in [0.1, 0.15) is 17.5 Å². The van der Waals surface area contributed by atoms with Crippen LogP contribution in [-0.2, 0) is 6.42 Å². The van der Waals surface area contributed by atoms with E-state index < -0.39 is 52.0 Å². The zero-order chi connectivity index (χ0) is 24.3. The van der Waals surface area contributed by atoms with Crippen LogP contribution in [0.5, 0.6) is 0 Å². The van der Waals surface area contributed by atoms with Gasteiger partial charge in [-0.05, 0) is 59.9 Å². The molecule has 0 radical (unpaired) electrons. The summed E-state index contributed by atoms with van der Waals surface area (Å²) in [5, 5.41) is 0. The zero-order valence-electron chi connectivity index (χ0n) is 16.8. The maximum absolute atomic E-state index is 14.7. The molecule has 8 heteroatoms. The third-order valence-electron chi connectivity index (χ3n) is 4.68. The van der Waals surface area contributed by atoms with E-state index in [2.05, 4.69) is 6.58 Å². The Labute approximate surface area is 184 Å². The molecule has 3 aromatic rings. The van der Waals surface area contributed by atoms with E-state index in [4.69, 9.17) is 0 Å². The average molecular weight is 466 g/mol. The second kappa shape index (κ2) is 9.49. The molecule has 0 heterocycles. The van der Waals surface area contributed by atoms with Crippen LogP contribution in [-0.4, -0.2) is 6.18 Å². The summed E-state index contributed by atoms with van der Waals surface area (Å²) >= 11 is 0. The van der Waals surface area contributed by atoms with Gasteiger partial charge in [-0.3, -0.25) is 0 Å². The maximum atomic E-state index is 14.7. The smallest absolute Gasteiger partial charge is 0.206 e. The minimum atomic E-state index is -4.98. The fourth-order valence-electron chi connectivity index (χ4n) is 3.19. The molecule has 0 aliphatic heterocycles. The lowest BCUT2D eigenvalue weighted by Crippen LogP contribution is -2.03. The van der Waals surface area contributed by atoms with Crippen molar-refractivity contribution >= 4 is 0 Å². The molecule has 0 saturated heterocycles. The van der Waals surface area contributed by atoms with Gasteiger partial charge in [0.15, 0.2) is 0 Å². The second-order valence-electron chi connectivity index (χ2n) is 7.02. The van der Waals surface area contributed by atoms with E-state index in [1.54, 1.807) is 12.1 Å². The lowest BCUT2D eigenvalue weighted by atomic mass is 9.96. The molecule has 0 aliphatic rings. The topological polar surface area (TPSA) is 0 Å². The lowest BCUT2D eigenvalue weighted by molar-refractivity contribution is -0.0696. The highest BCUT2D eigenvalue weighted by atomic mass is 19.4. The Bertz CT molecular complexity index is 1230. The van der Waals surface area contributed by atoms with E-state index in [0.717, 1.165) is 18.1 Å². The van der Waals surface area contributed by atoms with Gasteiger partial charge in [0.05, 0.1) is 11.1 Å². The Balaban J connectivity index is 2.02. The molecule has 0 spiro atoms. The van der Waals surface area contributed by atoms with E-state index in [9.17, 15) is 35.1 Å². The fourth-order valence-corrected chi connectivity index (χ4v) is 3.19. The Kier molecular flexibility index (Phi) is 6.92. The van der Waals surface area contributed by atoms with Gasteiger partial charge in [-0.25, -0.2) is 22.0 Å². The zero-order valence-corrected chi connectivity index (χ0v) is 16.8. The van der Waals surface area contributed by atoms with Crippen molar-refractivity contribution in [3.05, 3.63) is 95.3 Å². The Morgan fingerprint density at radius 1 is 0.758 bits per heavy atom. The first-order valence-corrected chi connectivity index (χ1v) is 9.48. The fraction of sp³-hybridized carbons (Fsp3) is 0.120. The summed E-state index contributed by atoms with van der Waals surface area (Å²) in [4.78, 5) is 0. The van der Waals surface area contributed by atoms with Crippen molar-refractivity contribution in [2.45, 2.75) is 19.0 Å². The molecule has 0 bridgehead atoms. The summed E-state index contributed by atoms with van der Waals surface area (Å²) in [7, 11) is 0. The van der Waals surface area contributed by atoms with E-state index >= 15 is 0 Å².